The minimum absolute atomic E-state index is 0.218. The van der Waals surface area contributed by atoms with Gasteiger partial charge in [0.25, 0.3) is 0 Å². The summed E-state index contributed by atoms with van der Waals surface area (Å²) in [6.07, 6.45) is 0.0184. The maximum Gasteiger partial charge on any atom is 0.145 e. The first-order chi connectivity index (χ1) is 12.3. The average molecular weight is 341 g/mol. The zero-order valence-corrected chi connectivity index (χ0v) is 14.2. The summed E-state index contributed by atoms with van der Waals surface area (Å²) in [5.74, 6) is 0. The van der Waals surface area contributed by atoms with Crippen LogP contribution in [0.4, 0.5) is 4.39 Å². The SMILES string of the molecule is C=C[C@@H]1N[C@@H](COCc2ccccc2)[C@H](F)[C@H]1OCc1ccccc1. The normalized spacial score (nSPS) is 25.8. The van der Waals surface area contributed by atoms with Gasteiger partial charge in [-0.1, -0.05) is 66.7 Å². The molecule has 0 amide bonds. The smallest absolute Gasteiger partial charge is 0.145 e. The lowest BCUT2D eigenvalue weighted by atomic mass is 10.1. The number of hydrogen-bond donors (Lipinski definition) is 1. The van der Waals surface area contributed by atoms with Crippen molar-refractivity contribution in [1.29, 1.82) is 0 Å². The van der Waals surface area contributed by atoms with Crippen LogP contribution < -0.4 is 5.32 Å². The van der Waals surface area contributed by atoms with Crippen LogP contribution in [-0.4, -0.2) is 31.0 Å². The van der Waals surface area contributed by atoms with E-state index in [1.807, 2.05) is 60.7 Å². The summed E-state index contributed by atoms with van der Waals surface area (Å²) in [7, 11) is 0. The molecule has 1 saturated heterocycles. The van der Waals surface area contributed by atoms with Gasteiger partial charge in [0.2, 0.25) is 0 Å². The van der Waals surface area contributed by atoms with E-state index in [9.17, 15) is 4.39 Å². The maximum atomic E-state index is 14.8. The molecule has 0 unspecified atom stereocenters. The summed E-state index contributed by atoms with van der Waals surface area (Å²) in [5.41, 5.74) is 2.11. The molecule has 132 valence electrons. The fraction of sp³-hybridized carbons (Fsp3) is 0.333. The summed E-state index contributed by atoms with van der Waals surface area (Å²) in [4.78, 5) is 0. The first-order valence-corrected chi connectivity index (χ1v) is 8.58. The highest BCUT2D eigenvalue weighted by atomic mass is 19.1. The summed E-state index contributed by atoms with van der Waals surface area (Å²) >= 11 is 0. The second-order valence-electron chi connectivity index (χ2n) is 6.24. The molecule has 3 rings (SSSR count). The zero-order chi connectivity index (χ0) is 17.5. The van der Waals surface area contributed by atoms with Crippen molar-refractivity contribution in [1.82, 2.24) is 5.32 Å². The van der Waals surface area contributed by atoms with E-state index in [2.05, 4.69) is 11.9 Å². The minimum atomic E-state index is -1.14. The highest BCUT2D eigenvalue weighted by Gasteiger charge is 2.42. The highest BCUT2D eigenvalue weighted by molar-refractivity contribution is 5.15. The van der Waals surface area contributed by atoms with Crippen molar-refractivity contribution in [3.8, 4) is 0 Å². The van der Waals surface area contributed by atoms with Crippen LogP contribution in [0.15, 0.2) is 73.3 Å². The van der Waals surface area contributed by atoms with E-state index in [0.29, 0.717) is 19.8 Å². The quantitative estimate of drug-likeness (QED) is 0.744. The predicted octanol–water partition coefficient (Wildman–Crippen LogP) is 3.65. The molecule has 2 aromatic rings. The van der Waals surface area contributed by atoms with Gasteiger partial charge in [0.15, 0.2) is 0 Å². The van der Waals surface area contributed by atoms with Crippen molar-refractivity contribution >= 4 is 0 Å². The number of halogens is 1. The molecule has 0 aromatic heterocycles. The van der Waals surface area contributed by atoms with Gasteiger partial charge < -0.3 is 14.8 Å². The summed E-state index contributed by atoms with van der Waals surface area (Å²) in [6, 6.07) is 19.0. The molecule has 3 nitrogen and oxygen atoms in total. The molecule has 0 bridgehead atoms. The van der Waals surface area contributed by atoms with Crippen molar-refractivity contribution < 1.29 is 13.9 Å². The van der Waals surface area contributed by atoms with Gasteiger partial charge in [-0.25, -0.2) is 4.39 Å². The second-order valence-corrected chi connectivity index (χ2v) is 6.24. The van der Waals surface area contributed by atoms with Crippen molar-refractivity contribution in [3.63, 3.8) is 0 Å². The van der Waals surface area contributed by atoms with Crippen LogP contribution in [-0.2, 0) is 22.7 Å². The van der Waals surface area contributed by atoms with Gasteiger partial charge >= 0.3 is 0 Å². The number of alkyl halides is 1. The molecule has 0 radical (unpaired) electrons. The Morgan fingerprint density at radius 1 is 0.960 bits per heavy atom. The van der Waals surface area contributed by atoms with E-state index < -0.39 is 18.3 Å². The monoisotopic (exact) mass is 341 g/mol. The topological polar surface area (TPSA) is 30.5 Å². The number of benzene rings is 2. The van der Waals surface area contributed by atoms with E-state index >= 15 is 0 Å². The Balaban J connectivity index is 1.51. The van der Waals surface area contributed by atoms with Gasteiger partial charge in [-0.2, -0.15) is 0 Å². The predicted molar refractivity (Wildman–Crippen MR) is 96.9 cm³/mol. The molecular formula is C21H24FNO2. The molecule has 2 aromatic carbocycles. The van der Waals surface area contributed by atoms with Gasteiger partial charge in [0.05, 0.1) is 31.9 Å². The molecule has 1 fully saturated rings. The molecular weight excluding hydrogens is 317 g/mol. The molecule has 1 aliphatic rings. The van der Waals surface area contributed by atoms with Gasteiger partial charge in [-0.05, 0) is 11.1 Å². The number of rotatable bonds is 8. The van der Waals surface area contributed by atoms with Gasteiger partial charge in [-0.3, -0.25) is 0 Å². The Labute approximate surface area is 148 Å². The molecule has 0 spiro atoms. The summed E-state index contributed by atoms with van der Waals surface area (Å²) in [5, 5.41) is 3.22. The standard InChI is InChI=1S/C21H24FNO2/c1-2-18-21(25-14-17-11-7-4-8-12-17)20(22)19(23-18)15-24-13-16-9-5-3-6-10-16/h2-12,18-21,23H,1,13-15H2/t18-,19-,20-,21-/m0/s1. The maximum absolute atomic E-state index is 14.8. The fourth-order valence-electron chi connectivity index (χ4n) is 3.04. The van der Waals surface area contributed by atoms with Crippen molar-refractivity contribution in [3.05, 3.63) is 84.4 Å². The van der Waals surface area contributed by atoms with Crippen molar-refractivity contribution in [2.45, 2.75) is 37.6 Å². The molecule has 1 heterocycles. The highest BCUT2D eigenvalue weighted by Crippen LogP contribution is 2.23. The van der Waals surface area contributed by atoms with E-state index in [4.69, 9.17) is 9.47 Å². The minimum Gasteiger partial charge on any atom is -0.375 e. The van der Waals surface area contributed by atoms with E-state index in [1.165, 1.54) is 0 Å². The van der Waals surface area contributed by atoms with Gasteiger partial charge in [0.1, 0.15) is 12.3 Å². The fourth-order valence-corrected chi connectivity index (χ4v) is 3.04. The Bertz CT molecular complexity index is 649. The number of hydrogen-bond acceptors (Lipinski definition) is 3. The first-order valence-electron chi connectivity index (χ1n) is 8.58. The lowest BCUT2D eigenvalue weighted by Gasteiger charge is -2.19. The van der Waals surface area contributed by atoms with Crippen molar-refractivity contribution in [2.75, 3.05) is 6.61 Å². The Kier molecular flexibility index (Phi) is 6.34. The third kappa shape index (κ3) is 4.75. The number of nitrogens with one attached hydrogen (secondary N) is 1. The molecule has 0 saturated carbocycles. The van der Waals surface area contributed by atoms with Crippen LogP contribution in [0.5, 0.6) is 0 Å². The van der Waals surface area contributed by atoms with Crippen LogP contribution in [0.2, 0.25) is 0 Å². The van der Waals surface area contributed by atoms with E-state index in [1.54, 1.807) is 6.08 Å². The Morgan fingerprint density at radius 3 is 2.16 bits per heavy atom. The second kappa shape index (κ2) is 8.90. The molecule has 25 heavy (non-hydrogen) atoms. The summed E-state index contributed by atoms with van der Waals surface area (Å²) in [6.45, 7) is 4.95. The van der Waals surface area contributed by atoms with Crippen LogP contribution in [0.25, 0.3) is 0 Å². The van der Waals surface area contributed by atoms with Gasteiger partial charge in [-0.15, -0.1) is 6.58 Å². The largest absolute Gasteiger partial charge is 0.375 e. The average Bonchev–Trinajstić information content (AvgIpc) is 2.97. The number of ether oxygens (including phenoxy) is 2. The zero-order valence-electron chi connectivity index (χ0n) is 14.2. The van der Waals surface area contributed by atoms with Crippen molar-refractivity contribution in [2.24, 2.45) is 0 Å². The third-order valence-electron chi connectivity index (χ3n) is 4.41. The lowest BCUT2D eigenvalue weighted by Crippen LogP contribution is -2.35. The molecule has 1 aliphatic heterocycles. The Hall–Kier alpha value is -2.01. The van der Waals surface area contributed by atoms with Crippen LogP contribution in [0, 0.1) is 0 Å². The van der Waals surface area contributed by atoms with Crippen LogP contribution in [0.1, 0.15) is 11.1 Å². The lowest BCUT2D eigenvalue weighted by molar-refractivity contribution is -0.00915. The molecule has 4 heteroatoms. The third-order valence-corrected chi connectivity index (χ3v) is 4.41. The van der Waals surface area contributed by atoms with Crippen LogP contribution in [0.3, 0.4) is 0 Å². The van der Waals surface area contributed by atoms with E-state index in [-0.39, 0.29) is 6.04 Å². The van der Waals surface area contributed by atoms with E-state index in [0.717, 1.165) is 11.1 Å². The summed E-state index contributed by atoms with van der Waals surface area (Å²) < 4.78 is 26.3. The Morgan fingerprint density at radius 2 is 1.56 bits per heavy atom. The molecule has 0 aliphatic carbocycles. The van der Waals surface area contributed by atoms with Crippen LogP contribution >= 0.6 is 0 Å². The first kappa shape index (κ1) is 17.8. The van der Waals surface area contributed by atoms with Gasteiger partial charge in [0, 0.05) is 0 Å². The molecule has 1 N–H and O–H groups in total. The molecule has 4 atom stereocenters.